The maximum Gasteiger partial charge on any atom is 0.217 e. The first-order valence-corrected chi connectivity index (χ1v) is 6.60. The Morgan fingerprint density at radius 3 is 2.59 bits per heavy atom. The fraction of sp³-hybridized carbons (Fsp3) is 0.0625. The first kappa shape index (κ1) is 13.8. The van der Waals surface area contributed by atoms with Crippen LogP contribution in [-0.2, 0) is 0 Å². The van der Waals surface area contributed by atoms with Gasteiger partial charge in [0.05, 0.1) is 16.7 Å². The van der Waals surface area contributed by atoms with Gasteiger partial charge in [-0.3, -0.25) is 19.7 Å². The second-order valence-electron chi connectivity index (χ2n) is 4.70. The monoisotopic (exact) mass is 292 g/mol. The van der Waals surface area contributed by atoms with Crippen molar-refractivity contribution in [1.29, 1.82) is 0 Å². The van der Waals surface area contributed by atoms with Crippen molar-refractivity contribution in [3.63, 3.8) is 0 Å². The number of nitrogens with zero attached hydrogens (tertiary/aromatic N) is 4. The van der Waals surface area contributed by atoms with Gasteiger partial charge in [0.15, 0.2) is 5.71 Å². The van der Waals surface area contributed by atoms with Gasteiger partial charge in [0.25, 0.3) is 0 Å². The van der Waals surface area contributed by atoms with Crippen molar-refractivity contribution >= 4 is 22.5 Å². The molecule has 0 amide bonds. The summed E-state index contributed by atoms with van der Waals surface area (Å²) in [4.78, 5) is 25.1. The van der Waals surface area contributed by atoms with Crippen LogP contribution < -0.4 is 0 Å². The highest BCUT2D eigenvalue weighted by atomic mass is 16.4. The summed E-state index contributed by atoms with van der Waals surface area (Å²) in [6, 6.07) is 10.1. The summed E-state index contributed by atoms with van der Waals surface area (Å²) in [5, 5.41) is 12.3. The third kappa shape index (κ3) is 2.54. The Morgan fingerprint density at radius 2 is 1.86 bits per heavy atom. The molecule has 0 aliphatic heterocycles. The minimum atomic E-state index is -0.423. The van der Waals surface area contributed by atoms with Crippen LogP contribution in [-0.4, -0.2) is 31.7 Å². The van der Waals surface area contributed by atoms with E-state index in [0.717, 1.165) is 5.69 Å². The number of hydrogen-bond acceptors (Lipinski definition) is 6. The van der Waals surface area contributed by atoms with E-state index in [1.165, 1.54) is 0 Å². The van der Waals surface area contributed by atoms with Crippen LogP contribution in [0.3, 0.4) is 0 Å². The molecule has 0 radical (unpaired) electrons. The van der Waals surface area contributed by atoms with Crippen molar-refractivity contribution in [2.75, 3.05) is 0 Å². The third-order valence-corrected chi connectivity index (χ3v) is 3.18. The zero-order chi connectivity index (χ0) is 15.5. The lowest BCUT2D eigenvalue weighted by molar-refractivity contribution is 0.106. The van der Waals surface area contributed by atoms with E-state index in [2.05, 4.69) is 20.1 Å². The van der Waals surface area contributed by atoms with E-state index in [0.29, 0.717) is 22.3 Å². The Labute approximate surface area is 126 Å². The quantitative estimate of drug-likeness (QED) is 0.346. The van der Waals surface area contributed by atoms with Crippen molar-refractivity contribution in [3.8, 4) is 0 Å². The highest BCUT2D eigenvalue weighted by Crippen LogP contribution is 2.14. The summed E-state index contributed by atoms with van der Waals surface area (Å²) >= 11 is 0. The van der Waals surface area contributed by atoms with Crippen molar-refractivity contribution < 1.29 is 10.0 Å². The molecule has 0 bridgehead atoms. The molecule has 0 atom stereocenters. The summed E-state index contributed by atoms with van der Waals surface area (Å²) in [5.74, 6) is -0.423. The molecule has 0 fully saturated rings. The number of carbonyl (C=O) groups excluding carboxylic acids is 1. The van der Waals surface area contributed by atoms with Gasteiger partial charge in [-0.15, -0.1) is 0 Å². The number of hydrogen-bond donors (Lipinski definition) is 1. The molecule has 0 saturated carbocycles. The van der Waals surface area contributed by atoms with Gasteiger partial charge in [0, 0.05) is 23.7 Å². The predicted octanol–water partition coefficient (Wildman–Crippen LogP) is 2.39. The second-order valence-corrected chi connectivity index (χ2v) is 4.70. The molecule has 6 nitrogen and oxygen atoms in total. The Morgan fingerprint density at radius 1 is 1.09 bits per heavy atom. The molecular formula is C16H12N4O2. The van der Waals surface area contributed by atoms with E-state index < -0.39 is 5.78 Å². The Hall–Kier alpha value is -3.15. The summed E-state index contributed by atoms with van der Waals surface area (Å²) in [7, 11) is 0. The predicted molar refractivity (Wildman–Crippen MR) is 81.2 cm³/mol. The minimum Gasteiger partial charge on any atom is -0.410 e. The number of aromatic nitrogens is 3. The average Bonchev–Trinajstić information content (AvgIpc) is 2.55. The van der Waals surface area contributed by atoms with Crippen LogP contribution >= 0.6 is 0 Å². The van der Waals surface area contributed by atoms with E-state index in [-0.39, 0.29) is 5.71 Å². The summed E-state index contributed by atoms with van der Waals surface area (Å²) in [6.07, 6.45) is 3.14. The molecule has 22 heavy (non-hydrogen) atoms. The molecule has 0 saturated heterocycles. The molecule has 108 valence electrons. The lowest BCUT2D eigenvalue weighted by atomic mass is 10.0. The number of aryl methyl sites for hydroxylation is 1. The van der Waals surface area contributed by atoms with E-state index in [4.69, 9.17) is 0 Å². The zero-order valence-electron chi connectivity index (χ0n) is 11.8. The Kier molecular flexibility index (Phi) is 3.57. The van der Waals surface area contributed by atoms with Crippen molar-refractivity contribution in [1.82, 2.24) is 15.0 Å². The first-order valence-electron chi connectivity index (χ1n) is 6.60. The molecule has 0 aliphatic rings. The first-order chi connectivity index (χ1) is 10.7. The number of carbonyl (C=O) groups is 1. The molecule has 3 rings (SSSR count). The molecule has 3 aromatic rings. The Bertz CT molecular complexity index is 890. The number of oxime groups is 1. The number of fused-ring (bicyclic) bond motifs is 1. The van der Waals surface area contributed by atoms with Crippen LogP contribution in [0.5, 0.6) is 0 Å². The molecule has 2 heterocycles. The maximum atomic E-state index is 12.6. The number of Topliss-reactive ketones (excluding diaryl/α,β-unsaturated/α-hetero) is 1. The minimum absolute atomic E-state index is 0.105. The van der Waals surface area contributed by atoms with Gasteiger partial charge in [0.2, 0.25) is 5.78 Å². The Balaban J connectivity index is 2.03. The largest absolute Gasteiger partial charge is 0.410 e. The van der Waals surface area contributed by atoms with Gasteiger partial charge in [-0.25, -0.2) is 0 Å². The number of ketones is 1. The number of benzene rings is 1. The van der Waals surface area contributed by atoms with Crippen LogP contribution in [0.1, 0.15) is 21.7 Å². The van der Waals surface area contributed by atoms with Crippen molar-refractivity contribution in [2.45, 2.75) is 6.92 Å². The SMILES string of the molecule is Cc1cccc(C(=NO)C(=O)c2ccc3nccnc3c2)n1. The van der Waals surface area contributed by atoms with Crippen LogP contribution in [0.2, 0.25) is 0 Å². The fourth-order valence-electron chi connectivity index (χ4n) is 2.13. The molecule has 0 aliphatic carbocycles. The van der Waals surface area contributed by atoms with Crippen molar-refractivity contribution in [3.05, 3.63) is 65.7 Å². The molecule has 0 spiro atoms. The molecular weight excluding hydrogens is 280 g/mol. The van der Waals surface area contributed by atoms with E-state index in [1.807, 2.05) is 0 Å². The molecule has 1 N–H and O–H groups in total. The summed E-state index contributed by atoms with van der Waals surface area (Å²) in [5.41, 5.74) is 2.61. The molecule has 0 unspecified atom stereocenters. The van der Waals surface area contributed by atoms with Crippen molar-refractivity contribution in [2.24, 2.45) is 5.16 Å². The highest BCUT2D eigenvalue weighted by molar-refractivity contribution is 6.51. The van der Waals surface area contributed by atoms with E-state index in [1.54, 1.807) is 55.7 Å². The molecule has 1 aromatic carbocycles. The smallest absolute Gasteiger partial charge is 0.217 e. The van der Waals surface area contributed by atoms with Gasteiger partial charge in [-0.1, -0.05) is 11.2 Å². The van der Waals surface area contributed by atoms with E-state index in [9.17, 15) is 10.0 Å². The van der Waals surface area contributed by atoms with E-state index >= 15 is 0 Å². The summed E-state index contributed by atoms with van der Waals surface area (Å²) in [6.45, 7) is 1.80. The highest BCUT2D eigenvalue weighted by Gasteiger charge is 2.19. The van der Waals surface area contributed by atoms with Crippen LogP contribution in [0.25, 0.3) is 11.0 Å². The van der Waals surface area contributed by atoms with Gasteiger partial charge in [-0.2, -0.15) is 0 Å². The maximum absolute atomic E-state index is 12.6. The summed E-state index contributed by atoms with van der Waals surface area (Å²) < 4.78 is 0. The topological polar surface area (TPSA) is 88.3 Å². The lowest BCUT2D eigenvalue weighted by Gasteiger charge is -2.05. The van der Waals surface area contributed by atoms with Gasteiger partial charge < -0.3 is 5.21 Å². The fourth-order valence-corrected chi connectivity index (χ4v) is 2.13. The van der Waals surface area contributed by atoms with Gasteiger partial charge >= 0.3 is 0 Å². The normalized spacial score (nSPS) is 11.6. The molecule has 6 heteroatoms. The van der Waals surface area contributed by atoms with Crippen LogP contribution in [0.4, 0.5) is 0 Å². The van der Waals surface area contributed by atoms with Crippen LogP contribution in [0.15, 0.2) is 53.9 Å². The standard InChI is InChI=1S/C16H12N4O2/c1-10-3-2-4-13(19-10)15(20-22)16(21)11-5-6-12-14(9-11)18-8-7-17-12/h2-9,22H,1H3. The lowest BCUT2D eigenvalue weighted by Crippen LogP contribution is -2.17. The number of pyridine rings is 1. The second kappa shape index (κ2) is 5.69. The molecule has 2 aromatic heterocycles. The zero-order valence-corrected chi connectivity index (χ0v) is 11.8. The third-order valence-electron chi connectivity index (χ3n) is 3.18. The average molecular weight is 292 g/mol. The van der Waals surface area contributed by atoms with Crippen LogP contribution in [0, 0.1) is 6.92 Å². The number of rotatable bonds is 3. The van der Waals surface area contributed by atoms with Gasteiger partial charge in [0.1, 0.15) is 0 Å². The van der Waals surface area contributed by atoms with Gasteiger partial charge in [-0.05, 0) is 37.3 Å².